The lowest BCUT2D eigenvalue weighted by molar-refractivity contribution is -0.141. The van der Waals surface area contributed by atoms with Crippen LogP contribution in [0, 0.1) is 0 Å². The molecule has 1 aromatic carbocycles. The molecule has 5 nitrogen and oxygen atoms in total. The zero-order valence-electron chi connectivity index (χ0n) is 10.3. The number of aliphatic carboxylic acids is 1. The van der Waals surface area contributed by atoms with Gasteiger partial charge in [0.05, 0.1) is 0 Å². The molecule has 0 heterocycles. The Labute approximate surface area is 125 Å². The van der Waals surface area contributed by atoms with Gasteiger partial charge in [-0.3, -0.25) is 4.79 Å². The molecule has 0 spiro atoms. The number of carboxylic acids is 1. The number of hydrogen-bond acceptors (Lipinski definition) is 3. The van der Waals surface area contributed by atoms with Crippen LogP contribution in [0.3, 0.4) is 0 Å². The summed E-state index contributed by atoms with van der Waals surface area (Å²) < 4.78 is 0. The molecule has 1 rings (SSSR count). The van der Waals surface area contributed by atoms with E-state index in [1.165, 1.54) is 6.08 Å². The number of carbonyl (C=O) groups is 2. The summed E-state index contributed by atoms with van der Waals surface area (Å²) >= 11 is 11.7. The first-order valence-electron chi connectivity index (χ1n) is 5.71. The first-order valence-corrected chi connectivity index (χ1v) is 6.47. The standard InChI is InChI=1S/C13H13Cl2NO4/c14-9-2-3-10(15)8(7-9)1-4-12(18)16-11(5-6-17)13(19)20/h1-4,7,11,17H,5-6H2,(H,16,18)(H,19,20)/b4-1+. The van der Waals surface area contributed by atoms with E-state index >= 15 is 0 Å². The topological polar surface area (TPSA) is 86.6 Å². The largest absolute Gasteiger partial charge is 0.480 e. The minimum Gasteiger partial charge on any atom is -0.480 e. The monoisotopic (exact) mass is 317 g/mol. The average Bonchev–Trinajstić information content (AvgIpc) is 2.39. The highest BCUT2D eigenvalue weighted by molar-refractivity contribution is 6.34. The van der Waals surface area contributed by atoms with Crippen LogP contribution in [0.25, 0.3) is 6.08 Å². The summed E-state index contributed by atoms with van der Waals surface area (Å²) in [5, 5.41) is 20.7. The number of aliphatic hydroxyl groups excluding tert-OH is 1. The molecule has 1 amide bonds. The van der Waals surface area contributed by atoms with Gasteiger partial charge in [-0.1, -0.05) is 23.2 Å². The molecule has 1 unspecified atom stereocenters. The van der Waals surface area contributed by atoms with E-state index in [1.807, 2.05) is 0 Å². The molecular formula is C13H13Cl2NO4. The zero-order chi connectivity index (χ0) is 15.1. The summed E-state index contributed by atoms with van der Waals surface area (Å²) in [7, 11) is 0. The maximum Gasteiger partial charge on any atom is 0.326 e. The smallest absolute Gasteiger partial charge is 0.326 e. The molecule has 0 radical (unpaired) electrons. The van der Waals surface area contributed by atoms with E-state index in [0.29, 0.717) is 15.6 Å². The predicted molar refractivity (Wildman–Crippen MR) is 76.8 cm³/mol. The first kappa shape index (κ1) is 16.5. The van der Waals surface area contributed by atoms with Crippen LogP contribution in [0.15, 0.2) is 24.3 Å². The van der Waals surface area contributed by atoms with Crippen LogP contribution in [0.2, 0.25) is 10.0 Å². The minimum absolute atomic E-state index is 0.0627. The molecule has 20 heavy (non-hydrogen) atoms. The van der Waals surface area contributed by atoms with Crippen molar-refractivity contribution in [3.05, 3.63) is 39.9 Å². The van der Waals surface area contributed by atoms with E-state index in [0.717, 1.165) is 6.08 Å². The van der Waals surface area contributed by atoms with Crippen molar-refractivity contribution >= 4 is 41.2 Å². The van der Waals surface area contributed by atoms with Crippen LogP contribution in [-0.2, 0) is 9.59 Å². The molecule has 3 N–H and O–H groups in total. The molecule has 0 aliphatic heterocycles. The Morgan fingerprint density at radius 3 is 2.65 bits per heavy atom. The zero-order valence-corrected chi connectivity index (χ0v) is 11.9. The van der Waals surface area contributed by atoms with Gasteiger partial charge in [0.25, 0.3) is 0 Å². The van der Waals surface area contributed by atoms with Crippen molar-refractivity contribution in [3.63, 3.8) is 0 Å². The molecule has 0 bridgehead atoms. The highest BCUT2D eigenvalue weighted by atomic mass is 35.5. The molecule has 1 aromatic rings. The third kappa shape index (κ3) is 5.21. The Kier molecular flexibility index (Phi) is 6.51. The third-order valence-electron chi connectivity index (χ3n) is 2.40. The van der Waals surface area contributed by atoms with Crippen molar-refractivity contribution in [3.8, 4) is 0 Å². The van der Waals surface area contributed by atoms with Crippen molar-refractivity contribution in [1.29, 1.82) is 0 Å². The Morgan fingerprint density at radius 2 is 2.05 bits per heavy atom. The van der Waals surface area contributed by atoms with Crippen LogP contribution >= 0.6 is 23.2 Å². The highest BCUT2D eigenvalue weighted by Gasteiger charge is 2.17. The Morgan fingerprint density at radius 1 is 1.35 bits per heavy atom. The lowest BCUT2D eigenvalue weighted by Gasteiger charge is -2.11. The summed E-state index contributed by atoms with van der Waals surface area (Å²) in [6, 6.07) is 3.65. The second kappa shape index (κ2) is 7.89. The van der Waals surface area contributed by atoms with Gasteiger partial charge in [-0.05, 0) is 29.8 Å². The van der Waals surface area contributed by atoms with E-state index in [4.69, 9.17) is 33.4 Å². The van der Waals surface area contributed by atoms with Crippen molar-refractivity contribution in [2.75, 3.05) is 6.61 Å². The van der Waals surface area contributed by atoms with Gasteiger partial charge in [-0.15, -0.1) is 0 Å². The summed E-state index contributed by atoms with van der Waals surface area (Å²) in [6.45, 7) is -0.332. The molecule has 0 aliphatic carbocycles. The van der Waals surface area contributed by atoms with Crippen LogP contribution in [0.4, 0.5) is 0 Å². The average molecular weight is 318 g/mol. The Hall–Kier alpha value is -1.56. The summed E-state index contributed by atoms with van der Waals surface area (Å²) in [6.07, 6.45) is 2.53. The minimum atomic E-state index is -1.21. The normalized spacial score (nSPS) is 12.3. The molecule has 0 fully saturated rings. The summed E-state index contributed by atoms with van der Waals surface area (Å²) in [4.78, 5) is 22.4. The quantitative estimate of drug-likeness (QED) is 0.700. The second-order valence-electron chi connectivity index (χ2n) is 3.91. The van der Waals surface area contributed by atoms with Gasteiger partial charge in [0, 0.05) is 29.1 Å². The molecule has 1 atom stereocenters. The number of carbonyl (C=O) groups excluding carboxylic acids is 1. The van der Waals surface area contributed by atoms with Gasteiger partial charge in [-0.2, -0.15) is 0 Å². The maximum atomic E-state index is 11.6. The SMILES string of the molecule is O=C(/C=C/c1cc(Cl)ccc1Cl)NC(CCO)C(=O)O. The number of hydrogen-bond donors (Lipinski definition) is 3. The number of carboxylic acid groups (broad SMARTS) is 1. The van der Waals surface area contributed by atoms with E-state index < -0.39 is 17.9 Å². The van der Waals surface area contributed by atoms with E-state index in [-0.39, 0.29) is 13.0 Å². The maximum absolute atomic E-state index is 11.6. The van der Waals surface area contributed by atoms with E-state index in [9.17, 15) is 9.59 Å². The molecule has 0 saturated heterocycles. The molecule has 108 valence electrons. The number of benzene rings is 1. The fourth-order valence-electron chi connectivity index (χ4n) is 1.41. The summed E-state index contributed by atoms with van der Waals surface area (Å²) in [5.74, 6) is -1.80. The predicted octanol–water partition coefficient (Wildman–Crippen LogP) is 1.96. The van der Waals surface area contributed by atoms with E-state index in [2.05, 4.69) is 5.32 Å². The molecule has 0 saturated carbocycles. The number of rotatable bonds is 6. The van der Waals surface area contributed by atoms with Gasteiger partial charge < -0.3 is 15.5 Å². The van der Waals surface area contributed by atoms with Crippen molar-refractivity contribution in [1.82, 2.24) is 5.32 Å². The third-order valence-corrected chi connectivity index (χ3v) is 2.98. The van der Waals surface area contributed by atoms with Crippen molar-refractivity contribution < 1.29 is 19.8 Å². The van der Waals surface area contributed by atoms with Crippen LogP contribution < -0.4 is 5.32 Å². The van der Waals surface area contributed by atoms with Crippen molar-refractivity contribution in [2.24, 2.45) is 0 Å². The Bertz CT molecular complexity index is 531. The van der Waals surface area contributed by atoms with Gasteiger partial charge >= 0.3 is 5.97 Å². The lowest BCUT2D eigenvalue weighted by Crippen LogP contribution is -2.40. The number of amides is 1. The highest BCUT2D eigenvalue weighted by Crippen LogP contribution is 2.21. The second-order valence-corrected chi connectivity index (χ2v) is 4.75. The van der Waals surface area contributed by atoms with Crippen LogP contribution in [0.5, 0.6) is 0 Å². The van der Waals surface area contributed by atoms with E-state index in [1.54, 1.807) is 18.2 Å². The first-order chi connectivity index (χ1) is 9.43. The van der Waals surface area contributed by atoms with Gasteiger partial charge in [0.15, 0.2) is 0 Å². The van der Waals surface area contributed by atoms with Crippen LogP contribution in [0.1, 0.15) is 12.0 Å². The number of aliphatic hydroxyl groups is 1. The van der Waals surface area contributed by atoms with Gasteiger partial charge in [0.2, 0.25) is 5.91 Å². The van der Waals surface area contributed by atoms with Crippen LogP contribution in [-0.4, -0.2) is 34.7 Å². The molecule has 0 aliphatic rings. The van der Waals surface area contributed by atoms with Gasteiger partial charge in [-0.25, -0.2) is 4.79 Å². The Balaban J connectivity index is 2.72. The lowest BCUT2D eigenvalue weighted by atomic mass is 10.2. The molecule has 7 heteroatoms. The number of nitrogens with one attached hydrogen (secondary N) is 1. The fraction of sp³-hybridized carbons (Fsp3) is 0.231. The van der Waals surface area contributed by atoms with Crippen molar-refractivity contribution in [2.45, 2.75) is 12.5 Å². The summed E-state index contributed by atoms with van der Waals surface area (Å²) in [5.41, 5.74) is 0.545. The van der Waals surface area contributed by atoms with Gasteiger partial charge in [0.1, 0.15) is 6.04 Å². The number of halogens is 2. The fourth-order valence-corrected chi connectivity index (χ4v) is 1.78. The molecule has 0 aromatic heterocycles. The molecular weight excluding hydrogens is 305 g/mol.